The predicted molar refractivity (Wildman–Crippen MR) is 93.6 cm³/mol. The van der Waals surface area contributed by atoms with Crippen molar-refractivity contribution in [3.8, 4) is 5.75 Å². The van der Waals surface area contributed by atoms with Crippen molar-refractivity contribution in [2.45, 2.75) is 19.1 Å². The van der Waals surface area contributed by atoms with Crippen molar-refractivity contribution < 1.29 is 13.9 Å². The summed E-state index contributed by atoms with van der Waals surface area (Å²) in [5.74, 6) is 0.515. The van der Waals surface area contributed by atoms with Crippen molar-refractivity contribution >= 4 is 23.5 Å². The molecule has 8 heteroatoms. The van der Waals surface area contributed by atoms with Crippen LogP contribution in [0.15, 0.2) is 48.8 Å². The average molecular weight is 373 g/mol. The summed E-state index contributed by atoms with van der Waals surface area (Å²) in [6.45, 7) is 0.276. The van der Waals surface area contributed by atoms with E-state index in [1.54, 1.807) is 28.9 Å². The number of hydrogen-bond acceptors (Lipinski definition) is 4. The molecular weight excluding hydrogens is 359 g/mol. The van der Waals surface area contributed by atoms with Gasteiger partial charge in [-0.25, -0.2) is 9.07 Å². The van der Waals surface area contributed by atoms with E-state index in [9.17, 15) is 9.18 Å². The van der Waals surface area contributed by atoms with Crippen molar-refractivity contribution in [2.75, 3.05) is 5.32 Å². The van der Waals surface area contributed by atoms with Crippen LogP contribution in [0.5, 0.6) is 5.75 Å². The van der Waals surface area contributed by atoms with Crippen molar-refractivity contribution in [3.63, 3.8) is 0 Å². The lowest BCUT2D eigenvalue weighted by Crippen LogP contribution is -2.29. The van der Waals surface area contributed by atoms with Crippen LogP contribution in [0.25, 0.3) is 0 Å². The second-order valence-electron chi connectivity index (χ2n) is 5.90. The molecule has 0 aliphatic carbocycles. The Hall–Kier alpha value is -2.93. The van der Waals surface area contributed by atoms with Gasteiger partial charge in [-0.1, -0.05) is 29.8 Å². The number of rotatable bonds is 4. The fraction of sp³-hybridized carbons (Fsp3) is 0.167. The van der Waals surface area contributed by atoms with Gasteiger partial charge in [0.1, 0.15) is 24.5 Å². The Bertz CT molecular complexity index is 958. The first-order chi connectivity index (χ1) is 12.6. The largest absolute Gasteiger partial charge is 0.487 e. The molecule has 6 nitrogen and oxygen atoms in total. The Morgan fingerprint density at radius 1 is 1.27 bits per heavy atom. The third kappa shape index (κ3) is 3.25. The summed E-state index contributed by atoms with van der Waals surface area (Å²) in [6.07, 6.45) is 1.65. The number of benzene rings is 2. The molecule has 3 aromatic rings. The van der Waals surface area contributed by atoms with Crippen LogP contribution in [0, 0.1) is 5.82 Å². The summed E-state index contributed by atoms with van der Waals surface area (Å²) in [4.78, 5) is 15.9. The van der Waals surface area contributed by atoms with Gasteiger partial charge < -0.3 is 4.74 Å². The van der Waals surface area contributed by atoms with Crippen molar-refractivity contribution in [3.05, 3.63) is 70.8 Å². The minimum Gasteiger partial charge on any atom is -0.487 e. The Balaban J connectivity index is 1.53. The molecule has 1 aliphatic rings. The second kappa shape index (κ2) is 6.76. The van der Waals surface area contributed by atoms with Crippen molar-refractivity contribution in [2.24, 2.45) is 0 Å². The van der Waals surface area contributed by atoms with E-state index in [4.69, 9.17) is 16.3 Å². The summed E-state index contributed by atoms with van der Waals surface area (Å²) in [5.41, 5.74) is 1.67. The van der Waals surface area contributed by atoms with E-state index in [0.29, 0.717) is 16.7 Å². The van der Waals surface area contributed by atoms with Gasteiger partial charge in [0.15, 0.2) is 0 Å². The molecule has 4 rings (SSSR count). The molecular formula is C18H14ClFN4O2. The van der Waals surface area contributed by atoms with Gasteiger partial charge in [-0.3, -0.25) is 10.1 Å². The first-order valence-corrected chi connectivity index (χ1v) is 8.34. The van der Waals surface area contributed by atoms with E-state index >= 15 is 0 Å². The van der Waals surface area contributed by atoms with E-state index in [1.165, 1.54) is 18.5 Å². The molecule has 1 N–H and O–H groups in total. The maximum absolute atomic E-state index is 12.9. The van der Waals surface area contributed by atoms with Crippen LogP contribution >= 0.6 is 11.6 Å². The molecule has 1 atom stereocenters. The van der Waals surface area contributed by atoms with Crippen LogP contribution < -0.4 is 10.1 Å². The molecule has 1 aromatic heterocycles. The monoisotopic (exact) mass is 372 g/mol. The first-order valence-electron chi connectivity index (χ1n) is 7.96. The second-order valence-corrected chi connectivity index (χ2v) is 6.31. The van der Waals surface area contributed by atoms with Crippen molar-refractivity contribution in [1.82, 2.24) is 14.8 Å². The quantitative estimate of drug-likeness (QED) is 0.760. The molecule has 0 fully saturated rings. The topological polar surface area (TPSA) is 69.0 Å². The first kappa shape index (κ1) is 16.5. The highest BCUT2D eigenvalue weighted by Crippen LogP contribution is 2.33. The molecule has 26 heavy (non-hydrogen) atoms. The number of nitrogens with one attached hydrogen (secondary N) is 1. The van der Waals surface area contributed by atoms with Crippen LogP contribution in [-0.4, -0.2) is 20.7 Å². The van der Waals surface area contributed by atoms with Crippen LogP contribution in [0.4, 0.5) is 10.3 Å². The SMILES string of the molecule is O=C1C[C@@H](c2ccc(OCc3ccc(F)cc3)c(Cl)c2)n2ncnc2N1. The van der Waals surface area contributed by atoms with E-state index < -0.39 is 0 Å². The van der Waals surface area contributed by atoms with Crippen LogP contribution in [-0.2, 0) is 11.4 Å². The van der Waals surface area contributed by atoms with E-state index in [-0.39, 0.29) is 30.8 Å². The van der Waals surface area contributed by atoms with Gasteiger partial charge >= 0.3 is 0 Å². The number of hydrogen-bond donors (Lipinski definition) is 1. The summed E-state index contributed by atoms with van der Waals surface area (Å²) < 4.78 is 20.3. The number of amides is 1. The van der Waals surface area contributed by atoms with Gasteiger partial charge in [-0.15, -0.1) is 0 Å². The van der Waals surface area contributed by atoms with Crippen LogP contribution in [0.2, 0.25) is 5.02 Å². The Kier molecular flexibility index (Phi) is 4.30. The number of ether oxygens (including phenoxy) is 1. The molecule has 1 amide bonds. The third-order valence-corrected chi connectivity index (χ3v) is 4.44. The molecule has 0 saturated carbocycles. The van der Waals surface area contributed by atoms with Crippen LogP contribution in [0.3, 0.4) is 0 Å². The number of carbonyl (C=O) groups is 1. The van der Waals surface area contributed by atoms with E-state index in [0.717, 1.165) is 11.1 Å². The molecule has 0 radical (unpaired) electrons. The van der Waals surface area contributed by atoms with Gasteiger partial charge in [0.05, 0.1) is 17.5 Å². The summed E-state index contributed by atoms with van der Waals surface area (Å²) in [5, 5.41) is 7.27. The van der Waals surface area contributed by atoms with Crippen LogP contribution in [0.1, 0.15) is 23.6 Å². The van der Waals surface area contributed by atoms with Gasteiger partial charge in [-0.2, -0.15) is 10.1 Å². The predicted octanol–water partition coefficient (Wildman–Crippen LogP) is 3.58. The number of anilines is 1. The van der Waals surface area contributed by atoms with Gasteiger partial charge in [0.25, 0.3) is 0 Å². The Labute approximate surface area is 153 Å². The minimum atomic E-state index is -0.292. The molecule has 2 heterocycles. The summed E-state index contributed by atoms with van der Waals surface area (Å²) >= 11 is 6.35. The van der Waals surface area contributed by atoms with Crippen molar-refractivity contribution in [1.29, 1.82) is 0 Å². The van der Waals surface area contributed by atoms with E-state index in [2.05, 4.69) is 15.4 Å². The highest BCUT2D eigenvalue weighted by Gasteiger charge is 2.28. The summed E-state index contributed by atoms with van der Waals surface area (Å²) in [7, 11) is 0. The van der Waals surface area contributed by atoms with Gasteiger partial charge in [0.2, 0.25) is 11.9 Å². The molecule has 1 aliphatic heterocycles. The standard InChI is InChI=1S/C18H14ClFN4O2/c19-14-7-12(15-8-17(25)23-18-21-10-22-24(15)18)3-6-16(14)26-9-11-1-4-13(20)5-2-11/h1-7,10,15H,8-9H2,(H,21,22,23,25)/t15-/m0/s1. The maximum atomic E-state index is 12.9. The number of nitrogens with zero attached hydrogens (tertiary/aromatic N) is 3. The zero-order valence-corrected chi connectivity index (χ0v) is 14.3. The highest BCUT2D eigenvalue weighted by atomic mass is 35.5. The number of halogens is 2. The molecule has 0 saturated heterocycles. The number of carbonyl (C=O) groups excluding carboxylic acids is 1. The minimum absolute atomic E-state index is 0.122. The zero-order valence-electron chi connectivity index (χ0n) is 13.5. The molecule has 0 unspecified atom stereocenters. The molecule has 0 bridgehead atoms. The number of fused-ring (bicyclic) bond motifs is 1. The normalized spacial score (nSPS) is 16.1. The Morgan fingerprint density at radius 3 is 2.85 bits per heavy atom. The average Bonchev–Trinajstić information content (AvgIpc) is 3.09. The highest BCUT2D eigenvalue weighted by molar-refractivity contribution is 6.32. The lowest BCUT2D eigenvalue weighted by Gasteiger charge is -2.24. The maximum Gasteiger partial charge on any atom is 0.229 e. The number of aromatic nitrogens is 3. The smallest absolute Gasteiger partial charge is 0.229 e. The Morgan fingerprint density at radius 2 is 2.08 bits per heavy atom. The molecule has 132 valence electrons. The zero-order chi connectivity index (χ0) is 18.1. The molecule has 2 aromatic carbocycles. The fourth-order valence-electron chi connectivity index (χ4n) is 2.85. The van der Waals surface area contributed by atoms with Gasteiger partial charge in [-0.05, 0) is 35.4 Å². The third-order valence-electron chi connectivity index (χ3n) is 4.15. The lowest BCUT2D eigenvalue weighted by atomic mass is 10.0. The summed E-state index contributed by atoms with van der Waals surface area (Å²) in [6, 6.07) is 11.2. The fourth-order valence-corrected chi connectivity index (χ4v) is 3.09. The lowest BCUT2D eigenvalue weighted by molar-refractivity contribution is -0.117. The van der Waals surface area contributed by atoms with Gasteiger partial charge in [0, 0.05) is 0 Å². The molecule has 0 spiro atoms. The van der Waals surface area contributed by atoms with E-state index in [1.807, 2.05) is 6.07 Å².